The molecule has 1 rings (SSSR count). The van der Waals surface area contributed by atoms with Gasteiger partial charge in [0.15, 0.2) is 0 Å². The summed E-state index contributed by atoms with van der Waals surface area (Å²) in [6.45, 7) is 0.827. The zero-order chi connectivity index (χ0) is 8.97. The molecule has 4 N–H and O–H groups in total. The molecule has 1 aliphatic heterocycles. The minimum Gasteiger partial charge on any atom is -0.465 e. The number of rotatable bonds is 2. The second kappa shape index (κ2) is 4.27. The van der Waals surface area contributed by atoms with Gasteiger partial charge in [-0.3, -0.25) is 0 Å². The van der Waals surface area contributed by atoms with Crippen LogP contribution >= 0.6 is 0 Å². The molecule has 1 aliphatic rings. The van der Waals surface area contributed by atoms with Crippen molar-refractivity contribution < 1.29 is 15.0 Å². The van der Waals surface area contributed by atoms with E-state index < -0.39 is 6.09 Å². The Morgan fingerprint density at radius 3 is 3.00 bits per heavy atom. The van der Waals surface area contributed by atoms with E-state index in [0.29, 0.717) is 0 Å². The van der Waals surface area contributed by atoms with Crippen molar-refractivity contribution in [2.24, 2.45) is 0 Å². The van der Waals surface area contributed by atoms with Crippen molar-refractivity contribution in [2.45, 2.75) is 24.9 Å². The van der Waals surface area contributed by atoms with Crippen molar-refractivity contribution in [1.82, 2.24) is 10.6 Å². The molecule has 12 heavy (non-hydrogen) atoms. The normalized spacial score (nSPS) is 29.8. The van der Waals surface area contributed by atoms with Crippen LogP contribution in [-0.4, -0.2) is 41.5 Å². The fourth-order valence-corrected chi connectivity index (χ4v) is 1.48. The van der Waals surface area contributed by atoms with Gasteiger partial charge < -0.3 is 20.8 Å². The van der Waals surface area contributed by atoms with Crippen LogP contribution in [-0.2, 0) is 0 Å². The molecule has 0 aromatic rings. The highest BCUT2D eigenvalue weighted by molar-refractivity contribution is 5.65. The van der Waals surface area contributed by atoms with Gasteiger partial charge in [-0.15, -0.1) is 0 Å². The van der Waals surface area contributed by atoms with Crippen molar-refractivity contribution in [3.8, 4) is 0 Å². The van der Waals surface area contributed by atoms with Gasteiger partial charge in [-0.25, -0.2) is 4.79 Å². The van der Waals surface area contributed by atoms with Gasteiger partial charge >= 0.3 is 6.09 Å². The van der Waals surface area contributed by atoms with Gasteiger partial charge in [0.1, 0.15) is 0 Å². The van der Waals surface area contributed by atoms with Crippen LogP contribution in [0, 0.1) is 0 Å². The summed E-state index contributed by atoms with van der Waals surface area (Å²) in [7, 11) is 0. The minimum atomic E-state index is -1.03. The van der Waals surface area contributed by atoms with Crippen LogP contribution in [0.5, 0.6) is 0 Å². The Bertz CT molecular complexity index is 163. The number of aliphatic hydroxyl groups excluding tert-OH is 1. The van der Waals surface area contributed by atoms with Crippen molar-refractivity contribution >= 4 is 6.09 Å². The molecule has 5 nitrogen and oxygen atoms in total. The summed E-state index contributed by atoms with van der Waals surface area (Å²) in [5.74, 6) is 0. The quantitative estimate of drug-likeness (QED) is 0.449. The highest BCUT2D eigenvalue weighted by atomic mass is 16.4. The van der Waals surface area contributed by atoms with Crippen LogP contribution in [0.1, 0.15) is 12.8 Å². The van der Waals surface area contributed by atoms with E-state index in [-0.39, 0.29) is 18.7 Å². The molecule has 0 radical (unpaired) electrons. The summed E-state index contributed by atoms with van der Waals surface area (Å²) < 4.78 is 0. The number of hydrogen-bond donors (Lipinski definition) is 4. The third-order valence-corrected chi connectivity index (χ3v) is 2.09. The van der Waals surface area contributed by atoms with Gasteiger partial charge in [-0.05, 0) is 19.4 Å². The van der Waals surface area contributed by atoms with Gasteiger partial charge in [-0.1, -0.05) is 0 Å². The first-order valence-corrected chi connectivity index (χ1v) is 4.07. The van der Waals surface area contributed by atoms with Crippen LogP contribution in [0.3, 0.4) is 0 Å². The van der Waals surface area contributed by atoms with Gasteiger partial charge in [0.05, 0.1) is 12.6 Å². The molecule has 70 valence electrons. The fraction of sp³-hybridized carbons (Fsp3) is 0.857. The van der Waals surface area contributed by atoms with Crippen molar-refractivity contribution in [3.05, 3.63) is 0 Å². The third-order valence-electron chi connectivity index (χ3n) is 2.09. The van der Waals surface area contributed by atoms with Crippen LogP contribution in [0.15, 0.2) is 0 Å². The number of amides is 1. The van der Waals surface area contributed by atoms with Gasteiger partial charge in [0, 0.05) is 6.04 Å². The SMILES string of the molecule is O=C(O)NC1CCCNC1CO. The van der Waals surface area contributed by atoms with Crippen LogP contribution < -0.4 is 10.6 Å². The maximum absolute atomic E-state index is 10.3. The number of aliphatic hydroxyl groups is 1. The molecule has 0 aliphatic carbocycles. The predicted molar refractivity (Wildman–Crippen MR) is 43.1 cm³/mol. The molecule has 2 atom stereocenters. The smallest absolute Gasteiger partial charge is 0.404 e. The molecule has 1 saturated heterocycles. The largest absolute Gasteiger partial charge is 0.465 e. The Hall–Kier alpha value is -0.810. The summed E-state index contributed by atoms with van der Waals surface area (Å²) >= 11 is 0. The first-order valence-electron chi connectivity index (χ1n) is 4.07. The summed E-state index contributed by atoms with van der Waals surface area (Å²) in [5.41, 5.74) is 0. The summed E-state index contributed by atoms with van der Waals surface area (Å²) in [6, 6.07) is -0.281. The van der Waals surface area contributed by atoms with E-state index in [1.807, 2.05) is 0 Å². The van der Waals surface area contributed by atoms with E-state index >= 15 is 0 Å². The molecule has 1 amide bonds. The molecule has 0 spiro atoms. The lowest BCUT2D eigenvalue weighted by molar-refractivity contribution is 0.161. The molecule has 1 heterocycles. The highest BCUT2D eigenvalue weighted by Crippen LogP contribution is 2.07. The van der Waals surface area contributed by atoms with E-state index in [1.54, 1.807) is 0 Å². The molecular weight excluding hydrogens is 160 g/mol. The Morgan fingerprint density at radius 1 is 1.67 bits per heavy atom. The Labute approximate surface area is 70.8 Å². The lowest BCUT2D eigenvalue weighted by Gasteiger charge is -2.30. The summed E-state index contributed by atoms with van der Waals surface area (Å²) in [6.07, 6.45) is 0.716. The number of piperidine rings is 1. The molecule has 0 saturated carbocycles. The lowest BCUT2D eigenvalue weighted by Crippen LogP contribution is -2.54. The average Bonchev–Trinajstić information content (AvgIpc) is 2.04. The van der Waals surface area contributed by atoms with E-state index in [1.165, 1.54) is 0 Å². The second-order valence-corrected chi connectivity index (χ2v) is 2.94. The van der Waals surface area contributed by atoms with Gasteiger partial charge in [0.2, 0.25) is 0 Å². The zero-order valence-electron chi connectivity index (χ0n) is 6.79. The zero-order valence-corrected chi connectivity index (χ0v) is 6.79. The van der Waals surface area contributed by atoms with E-state index in [9.17, 15) is 4.79 Å². The minimum absolute atomic E-state index is 0.0229. The van der Waals surface area contributed by atoms with Gasteiger partial charge in [0.25, 0.3) is 0 Å². The van der Waals surface area contributed by atoms with Gasteiger partial charge in [-0.2, -0.15) is 0 Å². The molecule has 0 bridgehead atoms. The first-order chi connectivity index (χ1) is 5.74. The molecule has 1 fully saturated rings. The molecule has 2 unspecified atom stereocenters. The Morgan fingerprint density at radius 2 is 2.42 bits per heavy atom. The monoisotopic (exact) mass is 174 g/mol. The van der Waals surface area contributed by atoms with Crippen molar-refractivity contribution in [1.29, 1.82) is 0 Å². The number of hydrogen-bond acceptors (Lipinski definition) is 3. The first kappa shape index (κ1) is 9.28. The average molecular weight is 174 g/mol. The molecule has 5 heteroatoms. The fourth-order valence-electron chi connectivity index (χ4n) is 1.48. The molecule has 0 aromatic carbocycles. The van der Waals surface area contributed by atoms with E-state index in [0.717, 1.165) is 19.4 Å². The Kier molecular flexibility index (Phi) is 3.31. The predicted octanol–water partition coefficient (Wildman–Crippen LogP) is -0.633. The van der Waals surface area contributed by atoms with E-state index in [2.05, 4.69) is 10.6 Å². The van der Waals surface area contributed by atoms with E-state index in [4.69, 9.17) is 10.2 Å². The summed E-state index contributed by atoms with van der Waals surface area (Å²) in [5, 5.41) is 22.8. The van der Waals surface area contributed by atoms with Crippen LogP contribution in [0.4, 0.5) is 4.79 Å². The molecule has 0 aromatic heterocycles. The standard InChI is InChI=1S/C7H14N2O3/c10-4-6-5(9-7(11)12)2-1-3-8-6/h5-6,8-10H,1-4H2,(H,11,12). The topological polar surface area (TPSA) is 81.6 Å². The highest BCUT2D eigenvalue weighted by Gasteiger charge is 2.24. The van der Waals surface area contributed by atoms with Crippen LogP contribution in [0.2, 0.25) is 0 Å². The lowest BCUT2D eigenvalue weighted by atomic mass is 9.99. The Balaban J connectivity index is 2.41. The van der Waals surface area contributed by atoms with Crippen molar-refractivity contribution in [3.63, 3.8) is 0 Å². The maximum atomic E-state index is 10.3. The second-order valence-electron chi connectivity index (χ2n) is 2.94. The number of carboxylic acid groups (broad SMARTS) is 1. The molecular formula is C7H14N2O3. The number of nitrogens with one attached hydrogen (secondary N) is 2. The third kappa shape index (κ3) is 2.35. The summed E-state index contributed by atoms with van der Waals surface area (Å²) in [4.78, 5) is 10.3. The number of carbonyl (C=O) groups is 1. The van der Waals surface area contributed by atoms with Crippen molar-refractivity contribution in [2.75, 3.05) is 13.2 Å². The maximum Gasteiger partial charge on any atom is 0.404 e. The van der Waals surface area contributed by atoms with Crippen LogP contribution in [0.25, 0.3) is 0 Å².